The molecule has 12 heteroatoms. The highest BCUT2D eigenvalue weighted by Crippen LogP contribution is 2.26. The second-order valence-corrected chi connectivity index (χ2v) is 13.0. The van der Waals surface area contributed by atoms with Crippen LogP contribution in [0.15, 0.2) is 59.6 Å². The first-order chi connectivity index (χ1) is 19.9. The molecule has 0 bridgehead atoms. The molecule has 1 aliphatic rings. The van der Waals surface area contributed by atoms with Crippen molar-refractivity contribution in [1.82, 2.24) is 15.3 Å². The second-order valence-electron chi connectivity index (χ2n) is 11.0. The van der Waals surface area contributed by atoms with E-state index in [1.54, 1.807) is 30.5 Å². The predicted octanol–water partition coefficient (Wildman–Crippen LogP) is 6.36. The molecule has 3 aromatic rings. The number of sulfonamides is 1. The number of nitrogens with zero attached hydrogens (tertiary/aromatic N) is 2. The van der Waals surface area contributed by atoms with Crippen LogP contribution in [0.2, 0.25) is 5.02 Å². The van der Waals surface area contributed by atoms with Crippen molar-refractivity contribution in [2.45, 2.75) is 69.0 Å². The van der Waals surface area contributed by atoms with Gasteiger partial charge in [0.1, 0.15) is 22.1 Å². The lowest BCUT2D eigenvalue weighted by molar-refractivity contribution is 0.0492. The molecule has 0 aliphatic heterocycles. The number of aromatic nitrogens is 2. The highest BCUT2D eigenvalue weighted by molar-refractivity contribution is 7.92. The molecule has 4 rings (SSSR count). The van der Waals surface area contributed by atoms with E-state index in [0.29, 0.717) is 5.56 Å². The Labute approximate surface area is 252 Å². The molecule has 10 nitrogen and oxygen atoms in total. The van der Waals surface area contributed by atoms with E-state index in [1.807, 2.05) is 45.1 Å². The number of rotatable bonds is 9. The molecule has 0 unspecified atom stereocenters. The van der Waals surface area contributed by atoms with Gasteiger partial charge in [-0.1, -0.05) is 29.8 Å². The maximum absolute atomic E-state index is 12.7. The lowest BCUT2D eigenvalue weighted by Gasteiger charge is -2.30. The van der Waals surface area contributed by atoms with Gasteiger partial charge in [-0.25, -0.2) is 18.2 Å². The summed E-state index contributed by atoms with van der Waals surface area (Å²) >= 11 is 6.05. The third-order valence-corrected chi connectivity index (χ3v) is 8.34. The van der Waals surface area contributed by atoms with Crippen molar-refractivity contribution in [2.75, 3.05) is 17.1 Å². The zero-order chi connectivity index (χ0) is 30.3. The zero-order valence-corrected chi connectivity index (χ0v) is 25.6. The van der Waals surface area contributed by atoms with Gasteiger partial charge < -0.3 is 20.1 Å². The molecule has 224 valence electrons. The Morgan fingerprint density at radius 3 is 2.31 bits per heavy atom. The van der Waals surface area contributed by atoms with Gasteiger partial charge in [-0.3, -0.25) is 4.72 Å². The number of benzene rings is 1. The minimum Gasteiger partial charge on any atom is -0.481 e. The van der Waals surface area contributed by atoms with Crippen molar-refractivity contribution in [3.05, 3.63) is 70.9 Å². The van der Waals surface area contributed by atoms with E-state index in [1.165, 1.54) is 19.2 Å². The van der Waals surface area contributed by atoms with Crippen LogP contribution in [0.5, 0.6) is 5.88 Å². The van der Waals surface area contributed by atoms with Crippen LogP contribution in [-0.2, 0) is 14.8 Å². The van der Waals surface area contributed by atoms with Crippen molar-refractivity contribution in [1.29, 1.82) is 0 Å². The fourth-order valence-corrected chi connectivity index (χ4v) is 6.02. The van der Waals surface area contributed by atoms with Gasteiger partial charge in [0, 0.05) is 23.8 Å². The highest BCUT2D eigenvalue weighted by Gasteiger charge is 2.25. The van der Waals surface area contributed by atoms with Gasteiger partial charge in [-0.2, -0.15) is 4.98 Å². The number of pyridine rings is 2. The van der Waals surface area contributed by atoms with Crippen molar-refractivity contribution in [3.8, 4) is 5.88 Å². The SMILES string of the molecule is COc1nc(NS(=O)(=O)c2ccccc2Cl)ccc1/C=C/c1ccc(NC2CCC(NC(=O)OC(C)(C)C)CC2)nc1. The average Bonchev–Trinajstić information content (AvgIpc) is 2.93. The normalized spacial score (nSPS) is 17.5. The minimum atomic E-state index is -3.92. The Morgan fingerprint density at radius 1 is 0.976 bits per heavy atom. The summed E-state index contributed by atoms with van der Waals surface area (Å²) in [6, 6.07) is 13.7. The average molecular weight is 614 g/mol. The summed E-state index contributed by atoms with van der Waals surface area (Å²) in [5.41, 5.74) is 1.03. The number of alkyl carbamates (subject to hydrolysis) is 1. The second kappa shape index (κ2) is 13.4. The van der Waals surface area contributed by atoms with Gasteiger partial charge in [0.05, 0.1) is 12.1 Å². The van der Waals surface area contributed by atoms with E-state index in [2.05, 4.69) is 25.3 Å². The van der Waals surface area contributed by atoms with Crippen LogP contribution in [-0.4, -0.2) is 49.3 Å². The molecule has 2 heterocycles. The van der Waals surface area contributed by atoms with E-state index < -0.39 is 15.6 Å². The third kappa shape index (κ3) is 8.83. The summed E-state index contributed by atoms with van der Waals surface area (Å²) in [7, 11) is -2.45. The van der Waals surface area contributed by atoms with Crippen molar-refractivity contribution in [2.24, 2.45) is 0 Å². The van der Waals surface area contributed by atoms with Crippen LogP contribution >= 0.6 is 11.6 Å². The number of ether oxygens (including phenoxy) is 2. The van der Waals surface area contributed by atoms with Gasteiger partial charge in [-0.05, 0) is 94.5 Å². The van der Waals surface area contributed by atoms with Gasteiger partial charge >= 0.3 is 6.09 Å². The molecule has 0 saturated heterocycles. The van der Waals surface area contributed by atoms with E-state index in [-0.39, 0.29) is 39.8 Å². The number of hydrogen-bond acceptors (Lipinski definition) is 8. The van der Waals surface area contributed by atoms with Crippen LogP contribution in [0.25, 0.3) is 12.2 Å². The number of anilines is 2. The summed E-state index contributed by atoms with van der Waals surface area (Å²) in [4.78, 5) is 20.8. The molecule has 1 fully saturated rings. The molecule has 3 N–H and O–H groups in total. The number of halogens is 1. The number of amides is 1. The van der Waals surface area contributed by atoms with Gasteiger partial charge in [0.25, 0.3) is 10.0 Å². The van der Waals surface area contributed by atoms with E-state index in [4.69, 9.17) is 21.1 Å². The van der Waals surface area contributed by atoms with E-state index >= 15 is 0 Å². The first kappa shape index (κ1) is 31.1. The molecule has 0 atom stereocenters. The molecule has 42 heavy (non-hydrogen) atoms. The van der Waals surface area contributed by atoms with Crippen LogP contribution in [0.3, 0.4) is 0 Å². The highest BCUT2D eigenvalue weighted by atomic mass is 35.5. The number of methoxy groups -OCH3 is 1. The van der Waals surface area contributed by atoms with Crippen molar-refractivity contribution < 1.29 is 22.7 Å². The van der Waals surface area contributed by atoms with Crippen LogP contribution in [0.4, 0.5) is 16.4 Å². The van der Waals surface area contributed by atoms with E-state index in [9.17, 15) is 13.2 Å². The van der Waals surface area contributed by atoms with Gasteiger partial charge in [-0.15, -0.1) is 0 Å². The Bertz CT molecular complexity index is 1520. The summed E-state index contributed by atoms with van der Waals surface area (Å²) < 4.78 is 38.7. The molecule has 1 amide bonds. The first-order valence-electron chi connectivity index (χ1n) is 13.6. The van der Waals surface area contributed by atoms with Crippen molar-refractivity contribution >= 4 is 51.5 Å². The minimum absolute atomic E-state index is 0.0373. The molecular formula is C30H36ClN5O5S. The number of nitrogens with one attached hydrogen (secondary N) is 3. The van der Waals surface area contributed by atoms with Crippen LogP contribution in [0, 0.1) is 0 Å². The zero-order valence-electron chi connectivity index (χ0n) is 24.1. The first-order valence-corrected chi connectivity index (χ1v) is 15.5. The van der Waals surface area contributed by atoms with Gasteiger partial charge in [0.15, 0.2) is 0 Å². The number of hydrogen-bond donors (Lipinski definition) is 3. The molecule has 2 aromatic heterocycles. The molecule has 0 radical (unpaired) electrons. The number of carbonyl (C=O) groups excluding carboxylic acids is 1. The summed E-state index contributed by atoms with van der Waals surface area (Å²) in [5, 5.41) is 6.56. The Kier molecular flexibility index (Phi) is 9.95. The van der Waals surface area contributed by atoms with Crippen LogP contribution < -0.4 is 20.1 Å². The summed E-state index contributed by atoms with van der Waals surface area (Å²) in [5.74, 6) is 1.15. The molecule has 1 saturated carbocycles. The van der Waals surface area contributed by atoms with Crippen LogP contribution in [0.1, 0.15) is 57.6 Å². The largest absolute Gasteiger partial charge is 0.481 e. The Hall–Kier alpha value is -3.83. The Balaban J connectivity index is 1.31. The molecule has 1 aromatic carbocycles. The van der Waals surface area contributed by atoms with Crippen molar-refractivity contribution in [3.63, 3.8) is 0 Å². The fourth-order valence-electron chi connectivity index (χ4n) is 4.49. The Morgan fingerprint density at radius 2 is 1.67 bits per heavy atom. The molecule has 1 aliphatic carbocycles. The maximum atomic E-state index is 12.7. The fraction of sp³-hybridized carbons (Fsp3) is 0.367. The van der Waals surface area contributed by atoms with Gasteiger partial charge in [0.2, 0.25) is 5.88 Å². The topological polar surface area (TPSA) is 132 Å². The summed E-state index contributed by atoms with van der Waals surface area (Å²) in [6.07, 6.45) is 8.66. The smallest absolute Gasteiger partial charge is 0.407 e. The monoisotopic (exact) mass is 613 g/mol. The number of carbonyl (C=O) groups is 1. The van der Waals surface area contributed by atoms with E-state index in [0.717, 1.165) is 37.1 Å². The predicted molar refractivity (Wildman–Crippen MR) is 165 cm³/mol. The molecule has 0 spiro atoms. The lowest BCUT2D eigenvalue weighted by Crippen LogP contribution is -2.42. The quantitative estimate of drug-likeness (QED) is 0.254. The lowest BCUT2D eigenvalue weighted by atomic mass is 9.91. The molecular weight excluding hydrogens is 578 g/mol. The summed E-state index contributed by atoms with van der Waals surface area (Å²) in [6.45, 7) is 5.56. The maximum Gasteiger partial charge on any atom is 0.407 e. The third-order valence-electron chi connectivity index (χ3n) is 6.49. The standard InChI is InChI=1S/C30H36ClN5O5S/c1-30(2,3)41-29(37)34-23-15-13-22(14-16-23)33-26-17-10-20(19-32-26)9-11-21-12-18-27(35-28(21)40-4)36-42(38,39)25-8-6-5-7-24(25)31/h5-12,17-19,22-23H,13-16H2,1-4H3,(H,32,33)(H,34,37)(H,35,36)/b11-9+.